The van der Waals surface area contributed by atoms with Crippen LogP contribution in [0.15, 0.2) is 53.7 Å². The number of allylic oxidation sites excluding steroid dienone is 1. The van der Waals surface area contributed by atoms with Crippen molar-refractivity contribution in [1.82, 2.24) is 10.2 Å². The second-order valence-electron chi connectivity index (χ2n) is 8.09. The molecule has 0 aromatic heterocycles. The molecule has 1 atom stereocenters. The zero-order chi connectivity index (χ0) is 24.8. The lowest BCUT2D eigenvalue weighted by Gasteiger charge is -2.34. The van der Waals surface area contributed by atoms with Gasteiger partial charge in [0.05, 0.1) is 28.8 Å². The van der Waals surface area contributed by atoms with Gasteiger partial charge in [0.2, 0.25) is 5.91 Å². The predicted molar refractivity (Wildman–Crippen MR) is 133 cm³/mol. The van der Waals surface area contributed by atoms with Crippen LogP contribution in [0.4, 0.5) is 0 Å². The summed E-state index contributed by atoms with van der Waals surface area (Å²) in [5.74, 6) is -1.26. The lowest BCUT2D eigenvalue weighted by molar-refractivity contribution is -0.140. The lowest BCUT2D eigenvalue weighted by Crippen LogP contribution is -2.38. The number of nitrogens with one attached hydrogen (secondary N) is 1. The van der Waals surface area contributed by atoms with E-state index >= 15 is 0 Å². The molecule has 0 spiro atoms. The number of ether oxygens (including phenoxy) is 1. The minimum Gasteiger partial charge on any atom is -0.463 e. The van der Waals surface area contributed by atoms with Crippen LogP contribution in [0.1, 0.15) is 61.0 Å². The Bertz CT molecular complexity index is 1130. The van der Waals surface area contributed by atoms with Crippen LogP contribution in [0.25, 0.3) is 0 Å². The fraction of sp³-hybridized carbons (Fsp3) is 0.346. The van der Waals surface area contributed by atoms with E-state index in [0.717, 1.165) is 17.5 Å². The summed E-state index contributed by atoms with van der Waals surface area (Å²) in [4.78, 5) is 40.1. The molecule has 1 aliphatic rings. The monoisotopic (exact) mass is 502 g/mol. The van der Waals surface area contributed by atoms with Gasteiger partial charge in [-0.2, -0.15) is 0 Å². The molecule has 8 heteroatoms. The Morgan fingerprint density at radius 1 is 1.12 bits per heavy atom. The smallest absolute Gasteiger partial charge is 0.336 e. The van der Waals surface area contributed by atoms with E-state index in [1.54, 1.807) is 55.1 Å². The summed E-state index contributed by atoms with van der Waals surface area (Å²) in [6.07, 6.45) is 0.925. The number of amides is 2. The maximum absolute atomic E-state index is 13.2. The Kier molecular flexibility index (Phi) is 8.75. The number of benzene rings is 2. The van der Waals surface area contributed by atoms with Crippen LogP contribution in [0.3, 0.4) is 0 Å². The van der Waals surface area contributed by atoms with Crippen LogP contribution in [-0.2, 0) is 20.9 Å². The van der Waals surface area contributed by atoms with Crippen molar-refractivity contribution in [3.05, 3.63) is 80.5 Å². The number of hydrogen-bond acceptors (Lipinski definition) is 4. The highest BCUT2D eigenvalue weighted by atomic mass is 35.5. The summed E-state index contributed by atoms with van der Waals surface area (Å²) >= 11 is 12.3. The topological polar surface area (TPSA) is 75.7 Å². The third-order valence-corrected chi connectivity index (χ3v) is 6.47. The molecule has 1 N–H and O–H groups in total. The number of esters is 1. The first kappa shape index (κ1) is 25.8. The van der Waals surface area contributed by atoms with Gasteiger partial charge in [0.15, 0.2) is 0 Å². The van der Waals surface area contributed by atoms with Crippen molar-refractivity contribution in [2.45, 2.75) is 46.1 Å². The summed E-state index contributed by atoms with van der Waals surface area (Å²) in [6.45, 7) is 6.51. The van der Waals surface area contributed by atoms with Gasteiger partial charge in [-0.05, 0) is 55.7 Å². The maximum atomic E-state index is 13.2. The van der Waals surface area contributed by atoms with Crippen molar-refractivity contribution in [2.75, 3.05) is 13.2 Å². The molecule has 34 heavy (non-hydrogen) atoms. The minimum atomic E-state index is -0.497. The number of rotatable bonds is 8. The van der Waals surface area contributed by atoms with Crippen LogP contribution in [-0.4, -0.2) is 35.8 Å². The van der Waals surface area contributed by atoms with Crippen LogP contribution >= 0.6 is 23.2 Å². The fourth-order valence-electron chi connectivity index (χ4n) is 4.02. The van der Waals surface area contributed by atoms with Crippen molar-refractivity contribution in [2.24, 2.45) is 0 Å². The number of nitrogens with zero attached hydrogens (tertiary/aromatic N) is 1. The fourth-order valence-corrected chi connectivity index (χ4v) is 4.33. The molecule has 180 valence electrons. The van der Waals surface area contributed by atoms with E-state index in [9.17, 15) is 14.4 Å². The number of carbonyl (C=O) groups excluding carboxylic acids is 3. The zero-order valence-corrected chi connectivity index (χ0v) is 21.0. The molecular weight excluding hydrogens is 475 g/mol. The van der Waals surface area contributed by atoms with E-state index in [-0.39, 0.29) is 31.4 Å². The van der Waals surface area contributed by atoms with E-state index in [1.807, 2.05) is 13.0 Å². The van der Waals surface area contributed by atoms with Crippen molar-refractivity contribution in [3.63, 3.8) is 0 Å². The molecule has 2 aromatic carbocycles. The second kappa shape index (κ2) is 11.5. The minimum absolute atomic E-state index is 0.0835. The molecule has 0 bridgehead atoms. The summed E-state index contributed by atoms with van der Waals surface area (Å²) in [7, 11) is 0. The SMILES string of the molecule is CCCNC(=O)c1cccc(CN2C(=O)CC(c3ccc(Cl)c(Cl)c3)C(C(=O)OCC)=C2C)c1. The second-order valence-corrected chi connectivity index (χ2v) is 8.90. The molecule has 6 nitrogen and oxygen atoms in total. The molecule has 0 fully saturated rings. The average molecular weight is 503 g/mol. The maximum Gasteiger partial charge on any atom is 0.336 e. The molecule has 0 radical (unpaired) electrons. The van der Waals surface area contributed by atoms with Gasteiger partial charge in [0.25, 0.3) is 5.91 Å². The van der Waals surface area contributed by atoms with Gasteiger partial charge in [-0.1, -0.05) is 48.3 Å². The van der Waals surface area contributed by atoms with Crippen LogP contribution in [0.5, 0.6) is 0 Å². The van der Waals surface area contributed by atoms with Crippen molar-refractivity contribution >= 4 is 41.0 Å². The highest BCUT2D eigenvalue weighted by molar-refractivity contribution is 6.42. The molecule has 0 saturated heterocycles. The normalized spacial score (nSPS) is 16.0. The van der Waals surface area contributed by atoms with E-state index in [1.165, 1.54) is 0 Å². The first-order valence-corrected chi connectivity index (χ1v) is 12.0. The quantitative estimate of drug-likeness (QED) is 0.484. The molecule has 0 aliphatic carbocycles. The van der Waals surface area contributed by atoms with Gasteiger partial charge in [0.1, 0.15) is 0 Å². The Morgan fingerprint density at radius 3 is 2.56 bits per heavy atom. The van der Waals surface area contributed by atoms with Gasteiger partial charge in [-0.25, -0.2) is 4.79 Å². The van der Waals surface area contributed by atoms with E-state index < -0.39 is 11.9 Å². The van der Waals surface area contributed by atoms with Crippen LogP contribution in [0.2, 0.25) is 10.0 Å². The molecule has 1 heterocycles. The highest BCUT2D eigenvalue weighted by Crippen LogP contribution is 2.39. The molecule has 2 amide bonds. The molecule has 1 unspecified atom stereocenters. The summed E-state index contributed by atoms with van der Waals surface area (Å²) in [5, 5.41) is 3.61. The third-order valence-electron chi connectivity index (χ3n) is 5.73. The number of halogens is 2. The van der Waals surface area contributed by atoms with Gasteiger partial charge in [-0.15, -0.1) is 0 Å². The molecule has 0 saturated carbocycles. The Balaban J connectivity index is 1.96. The van der Waals surface area contributed by atoms with E-state index in [2.05, 4.69) is 5.32 Å². The van der Waals surface area contributed by atoms with Gasteiger partial charge in [-0.3, -0.25) is 9.59 Å². The molecule has 3 rings (SSSR count). The third kappa shape index (κ3) is 5.80. The van der Waals surface area contributed by atoms with Crippen LogP contribution < -0.4 is 5.32 Å². The van der Waals surface area contributed by atoms with Crippen molar-refractivity contribution < 1.29 is 19.1 Å². The van der Waals surface area contributed by atoms with Crippen LogP contribution in [0, 0.1) is 0 Å². The van der Waals surface area contributed by atoms with Gasteiger partial charge in [0, 0.05) is 30.1 Å². The zero-order valence-electron chi connectivity index (χ0n) is 19.5. The predicted octanol–water partition coefficient (Wildman–Crippen LogP) is 5.49. The van der Waals surface area contributed by atoms with Crippen molar-refractivity contribution in [1.29, 1.82) is 0 Å². The summed E-state index contributed by atoms with van der Waals surface area (Å²) in [5.41, 5.74) is 2.96. The first-order chi connectivity index (χ1) is 16.3. The Hall–Kier alpha value is -2.83. The molecule has 1 aliphatic heterocycles. The number of carbonyl (C=O) groups is 3. The van der Waals surface area contributed by atoms with E-state index in [0.29, 0.717) is 33.4 Å². The average Bonchev–Trinajstić information content (AvgIpc) is 2.81. The molecular formula is C26H28Cl2N2O4. The number of hydrogen-bond donors (Lipinski definition) is 1. The van der Waals surface area contributed by atoms with E-state index in [4.69, 9.17) is 27.9 Å². The highest BCUT2D eigenvalue weighted by Gasteiger charge is 2.37. The Morgan fingerprint density at radius 2 is 1.88 bits per heavy atom. The standard InChI is InChI=1S/C26H28Cl2N2O4/c1-4-11-29-25(32)19-8-6-7-17(12-19)15-30-16(3)24(26(33)34-5-2)20(14-23(30)31)18-9-10-21(27)22(28)13-18/h6-10,12-13,20H,4-5,11,14-15H2,1-3H3,(H,29,32). The Labute approximate surface area is 209 Å². The van der Waals surface area contributed by atoms with Crippen molar-refractivity contribution in [3.8, 4) is 0 Å². The lowest BCUT2D eigenvalue weighted by atomic mass is 9.83. The summed E-state index contributed by atoms with van der Waals surface area (Å²) in [6, 6.07) is 12.2. The summed E-state index contributed by atoms with van der Waals surface area (Å²) < 4.78 is 5.33. The largest absolute Gasteiger partial charge is 0.463 e. The van der Waals surface area contributed by atoms with Gasteiger partial charge < -0.3 is 15.0 Å². The first-order valence-electron chi connectivity index (χ1n) is 11.3. The van der Waals surface area contributed by atoms with Gasteiger partial charge >= 0.3 is 5.97 Å². The molecule has 2 aromatic rings.